The number of hydrogen-bond acceptors (Lipinski definition) is 3. The first-order valence-corrected chi connectivity index (χ1v) is 5.33. The molecule has 1 heterocycles. The van der Waals surface area contributed by atoms with E-state index in [1.54, 1.807) is 0 Å². The maximum Gasteiger partial charge on any atom is 0.164 e. The lowest BCUT2D eigenvalue weighted by Gasteiger charge is -2.02. The number of halogens is 1. The Bertz CT molecular complexity index is 502. The Balaban J connectivity index is 2.27. The van der Waals surface area contributed by atoms with Gasteiger partial charge >= 0.3 is 0 Å². The predicted molar refractivity (Wildman–Crippen MR) is 56.8 cm³/mol. The second-order valence-corrected chi connectivity index (χ2v) is 4.74. The van der Waals surface area contributed by atoms with Gasteiger partial charge in [-0.3, -0.25) is 0 Å². The summed E-state index contributed by atoms with van der Waals surface area (Å²) in [5.74, 6) is 0.833. The fraction of sp³-hybridized carbons (Fsp3) is 0.300. The Kier molecular flexibility index (Phi) is 1.56. The van der Waals surface area contributed by atoms with Crippen molar-refractivity contribution >= 4 is 26.8 Å². The summed E-state index contributed by atoms with van der Waals surface area (Å²) < 4.78 is 6.31. The lowest BCUT2D eigenvalue weighted by molar-refractivity contribution is 0.362. The van der Waals surface area contributed by atoms with Crippen LogP contribution < -0.4 is 5.73 Å². The molecule has 2 N–H and O–H groups in total. The zero-order chi connectivity index (χ0) is 9.76. The van der Waals surface area contributed by atoms with E-state index < -0.39 is 0 Å². The first kappa shape index (κ1) is 8.44. The van der Waals surface area contributed by atoms with Gasteiger partial charge in [0.15, 0.2) is 5.76 Å². The lowest BCUT2D eigenvalue weighted by atomic mass is 10.1. The topological polar surface area (TPSA) is 52.0 Å². The first-order chi connectivity index (χ1) is 6.69. The summed E-state index contributed by atoms with van der Waals surface area (Å²) in [5.41, 5.74) is 6.69. The Labute approximate surface area is 89.4 Å². The van der Waals surface area contributed by atoms with E-state index in [0.717, 1.165) is 34.0 Å². The molecule has 1 fully saturated rings. The molecule has 4 heteroatoms. The van der Waals surface area contributed by atoms with E-state index in [1.807, 2.05) is 18.2 Å². The van der Waals surface area contributed by atoms with Gasteiger partial charge in [0.1, 0.15) is 5.52 Å². The normalized spacial score (nSPS) is 18.7. The second kappa shape index (κ2) is 2.58. The molecule has 1 aliphatic carbocycles. The van der Waals surface area contributed by atoms with Crippen LogP contribution in [-0.2, 0) is 5.54 Å². The molecule has 0 aliphatic heterocycles. The van der Waals surface area contributed by atoms with Gasteiger partial charge in [-0.1, -0.05) is 21.1 Å². The van der Waals surface area contributed by atoms with Gasteiger partial charge in [0.2, 0.25) is 0 Å². The number of fused-ring (bicyclic) bond motifs is 1. The highest BCUT2D eigenvalue weighted by Gasteiger charge is 2.45. The maximum atomic E-state index is 6.07. The van der Waals surface area contributed by atoms with Crippen molar-refractivity contribution < 1.29 is 4.52 Å². The van der Waals surface area contributed by atoms with Crippen LogP contribution in [-0.4, -0.2) is 5.16 Å². The molecule has 1 aromatic carbocycles. The molecule has 14 heavy (non-hydrogen) atoms. The zero-order valence-electron chi connectivity index (χ0n) is 7.46. The van der Waals surface area contributed by atoms with Gasteiger partial charge in [-0.25, -0.2) is 0 Å². The first-order valence-electron chi connectivity index (χ1n) is 4.53. The quantitative estimate of drug-likeness (QED) is 0.849. The molecule has 0 radical (unpaired) electrons. The minimum absolute atomic E-state index is 0.247. The third-order valence-electron chi connectivity index (χ3n) is 2.68. The van der Waals surface area contributed by atoms with Crippen LogP contribution in [0.25, 0.3) is 10.9 Å². The Morgan fingerprint density at radius 1 is 1.43 bits per heavy atom. The van der Waals surface area contributed by atoms with E-state index in [9.17, 15) is 0 Å². The van der Waals surface area contributed by atoms with Crippen LogP contribution >= 0.6 is 15.9 Å². The number of benzene rings is 1. The summed E-state index contributed by atoms with van der Waals surface area (Å²) in [6, 6.07) is 5.92. The summed E-state index contributed by atoms with van der Waals surface area (Å²) in [7, 11) is 0. The SMILES string of the molecule is NC1(c2onc3cc(Br)ccc23)CC1. The highest BCUT2D eigenvalue weighted by atomic mass is 79.9. The Morgan fingerprint density at radius 2 is 2.21 bits per heavy atom. The van der Waals surface area contributed by atoms with Gasteiger partial charge < -0.3 is 10.3 Å². The molecular weight excluding hydrogens is 244 g/mol. The van der Waals surface area contributed by atoms with Crippen molar-refractivity contribution in [2.24, 2.45) is 5.73 Å². The molecule has 1 aromatic heterocycles. The van der Waals surface area contributed by atoms with E-state index in [1.165, 1.54) is 0 Å². The van der Waals surface area contributed by atoms with Gasteiger partial charge in [0.05, 0.1) is 5.54 Å². The van der Waals surface area contributed by atoms with E-state index in [4.69, 9.17) is 10.3 Å². The molecule has 1 aliphatic rings. The Hall–Kier alpha value is -0.870. The average Bonchev–Trinajstić information content (AvgIpc) is 2.77. The Morgan fingerprint density at radius 3 is 2.93 bits per heavy atom. The molecule has 72 valence electrons. The molecule has 0 saturated heterocycles. The highest BCUT2D eigenvalue weighted by molar-refractivity contribution is 9.10. The molecule has 3 nitrogen and oxygen atoms in total. The van der Waals surface area contributed by atoms with Crippen molar-refractivity contribution in [3.8, 4) is 0 Å². The van der Waals surface area contributed by atoms with Crippen molar-refractivity contribution in [3.63, 3.8) is 0 Å². The fourth-order valence-electron chi connectivity index (χ4n) is 1.64. The minimum atomic E-state index is -0.247. The largest absolute Gasteiger partial charge is 0.358 e. The van der Waals surface area contributed by atoms with Gasteiger partial charge in [0.25, 0.3) is 0 Å². The average molecular weight is 253 g/mol. The molecule has 0 amide bonds. The van der Waals surface area contributed by atoms with Crippen molar-refractivity contribution in [1.82, 2.24) is 5.16 Å². The molecule has 0 unspecified atom stereocenters. The van der Waals surface area contributed by atoms with Crippen LogP contribution in [0.4, 0.5) is 0 Å². The van der Waals surface area contributed by atoms with Crippen LogP contribution in [0.5, 0.6) is 0 Å². The number of nitrogens with zero attached hydrogens (tertiary/aromatic N) is 1. The predicted octanol–water partition coefficient (Wildman–Crippen LogP) is 2.54. The summed E-state index contributed by atoms with van der Waals surface area (Å²) in [6.45, 7) is 0. The summed E-state index contributed by atoms with van der Waals surface area (Å²) in [6.07, 6.45) is 1.99. The van der Waals surface area contributed by atoms with Crippen LogP contribution in [0.3, 0.4) is 0 Å². The smallest absolute Gasteiger partial charge is 0.164 e. The van der Waals surface area contributed by atoms with Gasteiger partial charge in [0, 0.05) is 9.86 Å². The third-order valence-corrected chi connectivity index (χ3v) is 3.17. The van der Waals surface area contributed by atoms with Gasteiger partial charge in [-0.15, -0.1) is 0 Å². The van der Waals surface area contributed by atoms with Crippen molar-refractivity contribution in [2.75, 3.05) is 0 Å². The van der Waals surface area contributed by atoms with E-state index in [-0.39, 0.29) is 5.54 Å². The van der Waals surface area contributed by atoms with E-state index in [0.29, 0.717) is 0 Å². The lowest BCUT2D eigenvalue weighted by Crippen LogP contribution is -2.17. The van der Waals surface area contributed by atoms with E-state index >= 15 is 0 Å². The molecule has 0 bridgehead atoms. The summed E-state index contributed by atoms with van der Waals surface area (Å²) in [5, 5.41) is 5.04. The standard InChI is InChI=1S/C10H9BrN2O/c11-6-1-2-7-8(5-6)13-14-9(7)10(12)3-4-10/h1-2,5H,3-4,12H2. The number of hydrogen-bond donors (Lipinski definition) is 1. The number of nitrogens with two attached hydrogens (primary N) is 1. The summed E-state index contributed by atoms with van der Waals surface area (Å²) >= 11 is 3.39. The summed E-state index contributed by atoms with van der Waals surface area (Å²) in [4.78, 5) is 0. The number of rotatable bonds is 1. The molecule has 1 saturated carbocycles. The molecular formula is C10H9BrN2O. The third kappa shape index (κ3) is 1.11. The maximum absolute atomic E-state index is 6.07. The monoisotopic (exact) mass is 252 g/mol. The van der Waals surface area contributed by atoms with Gasteiger partial charge in [-0.2, -0.15) is 0 Å². The molecule has 0 atom stereocenters. The molecule has 2 aromatic rings. The van der Waals surface area contributed by atoms with Crippen molar-refractivity contribution in [2.45, 2.75) is 18.4 Å². The van der Waals surface area contributed by atoms with Crippen LogP contribution in [0.1, 0.15) is 18.6 Å². The van der Waals surface area contributed by atoms with Crippen LogP contribution in [0.15, 0.2) is 27.2 Å². The van der Waals surface area contributed by atoms with Crippen LogP contribution in [0, 0.1) is 0 Å². The molecule has 3 rings (SSSR count). The van der Waals surface area contributed by atoms with E-state index in [2.05, 4.69) is 21.1 Å². The highest BCUT2D eigenvalue weighted by Crippen LogP contribution is 2.45. The minimum Gasteiger partial charge on any atom is -0.358 e. The van der Waals surface area contributed by atoms with Crippen molar-refractivity contribution in [1.29, 1.82) is 0 Å². The fourth-order valence-corrected chi connectivity index (χ4v) is 1.99. The van der Waals surface area contributed by atoms with Crippen molar-refractivity contribution in [3.05, 3.63) is 28.4 Å². The van der Waals surface area contributed by atoms with Crippen LogP contribution in [0.2, 0.25) is 0 Å². The second-order valence-electron chi connectivity index (χ2n) is 3.83. The number of aromatic nitrogens is 1. The van der Waals surface area contributed by atoms with Gasteiger partial charge in [-0.05, 0) is 31.0 Å². The zero-order valence-corrected chi connectivity index (χ0v) is 9.04. The molecule has 0 spiro atoms.